The van der Waals surface area contributed by atoms with E-state index in [4.69, 9.17) is 11.6 Å². The lowest BCUT2D eigenvalue weighted by atomic mass is 10.1. The van der Waals surface area contributed by atoms with Crippen molar-refractivity contribution in [3.63, 3.8) is 0 Å². The molecule has 0 fully saturated rings. The third-order valence-electron chi connectivity index (χ3n) is 4.14. The number of hydrogen-bond acceptors (Lipinski definition) is 3. The van der Waals surface area contributed by atoms with E-state index < -0.39 is 15.9 Å². The highest BCUT2D eigenvalue weighted by Gasteiger charge is 2.32. The van der Waals surface area contributed by atoms with Crippen molar-refractivity contribution in [3.05, 3.63) is 94.5 Å². The molecule has 27 heavy (non-hydrogen) atoms. The average molecular weight is 400 g/mol. The molecule has 0 spiro atoms. The zero-order valence-corrected chi connectivity index (χ0v) is 16.5. The quantitative estimate of drug-likeness (QED) is 0.620. The van der Waals surface area contributed by atoms with Gasteiger partial charge in [0.15, 0.2) is 0 Å². The first-order valence-corrected chi connectivity index (χ1v) is 10.1. The third kappa shape index (κ3) is 3.89. The smallest absolute Gasteiger partial charge is 0.268 e. The van der Waals surface area contributed by atoms with Crippen molar-refractivity contribution in [2.24, 2.45) is 0 Å². The number of nitrogens with zero attached hydrogens (tertiary/aromatic N) is 1. The van der Waals surface area contributed by atoms with Gasteiger partial charge in [-0.05, 0) is 67.4 Å². The van der Waals surface area contributed by atoms with Crippen LogP contribution >= 0.6 is 11.6 Å². The Labute approximate surface area is 164 Å². The molecule has 0 aliphatic heterocycles. The first-order chi connectivity index (χ1) is 12.8. The molecule has 0 N–H and O–H groups in total. The van der Waals surface area contributed by atoms with Crippen LogP contribution in [0, 0.1) is 13.8 Å². The van der Waals surface area contributed by atoms with E-state index in [0.29, 0.717) is 16.3 Å². The Morgan fingerprint density at radius 2 is 1.52 bits per heavy atom. The predicted molar refractivity (Wildman–Crippen MR) is 108 cm³/mol. The van der Waals surface area contributed by atoms with Crippen molar-refractivity contribution in [2.75, 3.05) is 4.31 Å². The lowest BCUT2D eigenvalue weighted by Gasteiger charge is -2.25. The summed E-state index contributed by atoms with van der Waals surface area (Å²) in [6.45, 7) is 3.63. The van der Waals surface area contributed by atoms with E-state index in [0.717, 1.165) is 9.87 Å². The molecule has 1 amide bonds. The SMILES string of the molecule is Cc1ccc(C)c(N(C(=O)c2ccc(Cl)cc2)S(=O)(=O)c2ccccc2)c1. The normalized spacial score (nSPS) is 11.2. The van der Waals surface area contributed by atoms with Gasteiger partial charge in [-0.1, -0.05) is 41.9 Å². The fourth-order valence-electron chi connectivity index (χ4n) is 2.69. The maximum Gasteiger partial charge on any atom is 0.272 e. The first-order valence-electron chi connectivity index (χ1n) is 8.28. The molecule has 0 aliphatic carbocycles. The fourth-order valence-corrected chi connectivity index (χ4v) is 4.31. The van der Waals surface area contributed by atoms with Gasteiger partial charge in [-0.3, -0.25) is 4.79 Å². The molecule has 0 saturated carbocycles. The van der Waals surface area contributed by atoms with Gasteiger partial charge in [0.05, 0.1) is 10.6 Å². The van der Waals surface area contributed by atoms with Gasteiger partial charge in [0.2, 0.25) is 0 Å². The molecule has 0 atom stereocenters. The van der Waals surface area contributed by atoms with Crippen molar-refractivity contribution < 1.29 is 13.2 Å². The molecule has 0 unspecified atom stereocenters. The van der Waals surface area contributed by atoms with Crippen LogP contribution in [0.1, 0.15) is 21.5 Å². The molecule has 6 heteroatoms. The summed E-state index contributed by atoms with van der Waals surface area (Å²) in [7, 11) is -4.10. The van der Waals surface area contributed by atoms with Crippen molar-refractivity contribution in [1.82, 2.24) is 0 Å². The van der Waals surface area contributed by atoms with Gasteiger partial charge in [-0.2, -0.15) is 4.31 Å². The van der Waals surface area contributed by atoms with Crippen LogP contribution in [-0.2, 0) is 10.0 Å². The number of carbonyl (C=O) groups is 1. The van der Waals surface area contributed by atoms with Crippen molar-refractivity contribution in [2.45, 2.75) is 18.7 Å². The van der Waals surface area contributed by atoms with Crippen LogP contribution in [0.15, 0.2) is 77.7 Å². The van der Waals surface area contributed by atoms with E-state index >= 15 is 0 Å². The molecule has 0 radical (unpaired) electrons. The minimum atomic E-state index is -4.10. The van der Waals surface area contributed by atoms with Gasteiger partial charge in [-0.15, -0.1) is 0 Å². The zero-order valence-electron chi connectivity index (χ0n) is 14.9. The summed E-state index contributed by atoms with van der Waals surface area (Å²) in [5.74, 6) is -0.635. The summed E-state index contributed by atoms with van der Waals surface area (Å²) >= 11 is 5.90. The summed E-state index contributed by atoms with van der Waals surface area (Å²) in [5, 5.41) is 0.468. The number of anilines is 1. The molecule has 138 valence electrons. The summed E-state index contributed by atoms with van der Waals surface area (Å²) < 4.78 is 27.6. The Morgan fingerprint density at radius 3 is 2.15 bits per heavy atom. The van der Waals surface area contributed by atoms with E-state index in [1.54, 1.807) is 49.4 Å². The summed E-state index contributed by atoms with van der Waals surface area (Å²) in [4.78, 5) is 13.3. The average Bonchev–Trinajstić information content (AvgIpc) is 2.66. The highest BCUT2D eigenvalue weighted by atomic mass is 35.5. The van der Waals surface area contributed by atoms with Gasteiger partial charge in [0.25, 0.3) is 15.9 Å². The van der Waals surface area contributed by atoms with Crippen molar-refractivity contribution in [3.8, 4) is 0 Å². The third-order valence-corrected chi connectivity index (χ3v) is 6.10. The molecule has 3 aromatic rings. The van der Waals surface area contributed by atoms with E-state index in [2.05, 4.69) is 0 Å². The molecular formula is C21H18ClNO3S. The second-order valence-electron chi connectivity index (χ2n) is 6.18. The maximum atomic E-state index is 13.4. The molecule has 0 aromatic heterocycles. The fraction of sp³-hybridized carbons (Fsp3) is 0.0952. The predicted octanol–water partition coefficient (Wildman–Crippen LogP) is 4.99. The second-order valence-corrected chi connectivity index (χ2v) is 8.41. The standard InChI is InChI=1S/C21H18ClNO3S/c1-15-8-9-16(2)20(14-15)23(21(24)17-10-12-18(22)13-11-17)27(25,26)19-6-4-3-5-7-19/h3-14H,1-2H3. The minimum absolute atomic E-state index is 0.0493. The highest BCUT2D eigenvalue weighted by molar-refractivity contribution is 7.93. The van der Waals surface area contributed by atoms with Crippen LogP contribution in [-0.4, -0.2) is 14.3 Å². The lowest BCUT2D eigenvalue weighted by molar-refractivity contribution is 0.100. The van der Waals surface area contributed by atoms with Crippen LogP contribution in [0.25, 0.3) is 0 Å². The summed E-state index contributed by atoms with van der Waals surface area (Å²) in [6, 6.07) is 19.5. The Bertz CT molecular complexity index is 1080. The van der Waals surface area contributed by atoms with Crippen LogP contribution in [0.4, 0.5) is 5.69 Å². The number of hydrogen-bond donors (Lipinski definition) is 0. The summed E-state index contributed by atoms with van der Waals surface area (Å²) in [6.07, 6.45) is 0. The first kappa shape index (κ1) is 19.1. The van der Waals surface area contributed by atoms with Crippen LogP contribution in [0.3, 0.4) is 0 Å². The molecule has 3 aromatic carbocycles. The molecule has 0 saturated heterocycles. The molecular weight excluding hydrogens is 382 g/mol. The molecule has 0 heterocycles. The highest BCUT2D eigenvalue weighted by Crippen LogP contribution is 2.30. The molecule has 0 bridgehead atoms. The number of rotatable bonds is 4. The van der Waals surface area contributed by atoms with Crippen LogP contribution < -0.4 is 4.31 Å². The van der Waals surface area contributed by atoms with Crippen molar-refractivity contribution >= 4 is 33.2 Å². The van der Waals surface area contributed by atoms with Gasteiger partial charge >= 0.3 is 0 Å². The summed E-state index contributed by atoms with van der Waals surface area (Å²) in [5.41, 5.74) is 2.11. The van der Waals surface area contributed by atoms with Gasteiger partial charge < -0.3 is 0 Å². The minimum Gasteiger partial charge on any atom is -0.268 e. The van der Waals surface area contributed by atoms with E-state index in [-0.39, 0.29) is 10.5 Å². The second kappa shape index (κ2) is 7.55. The molecule has 3 rings (SSSR count). The maximum absolute atomic E-state index is 13.4. The van der Waals surface area contributed by atoms with Crippen LogP contribution in [0.5, 0.6) is 0 Å². The van der Waals surface area contributed by atoms with E-state index in [1.807, 2.05) is 13.0 Å². The largest absolute Gasteiger partial charge is 0.272 e. The van der Waals surface area contributed by atoms with Crippen molar-refractivity contribution in [1.29, 1.82) is 0 Å². The number of aryl methyl sites for hydroxylation is 2. The van der Waals surface area contributed by atoms with Gasteiger partial charge in [0, 0.05) is 10.6 Å². The Balaban J connectivity index is 2.22. The number of sulfonamides is 1. The Kier molecular flexibility index (Phi) is 5.35. The molecule has 0 aliphatic rings. The van der Waals surface area contributed by atoms with E-state index in [1.165, 1.54) is 24.3 Å². The number of benzene rings is 3. The van der Waals surface area contributed by atoms with Gasteiger partial charge in [0.1, 0.15) is 0 Å². The Morgan fingerprint density at radius 1 is 0.889 bits per heavy atom. The molecule has 4 nitrogen and oxygen atoms in total. The van der Waals surface area contributed by atoms with Gasteiger partial charge in [-0.25, -0.2) is 8.42 Å². The monoisotopic (exact) mass is 399 g/mol. The Hall–Kier alpha value is -2.63. The van der Waals surface area contributed by atoms with Crippen LogP contribution in [0.2, 0.25) is 5.02 Å². The number of carbonyl (C=O) groups excluding carboxylic acids is 1. The number of amides is 1. The number of halogens is 1. The lowest BCUT2D eigenvalue weighted by Crippen LogP contribution is -2.37. The van der Waals surface area contributed by atoms with E-state index in [9.17, 15) is 13.2 Å². The zero-order chi connectivity index (χ0) is 19.6. The topological polar surface area (TPSA) is 54.5 Å².